The Morgan fingerprint density at radius 2 is 1.45 bits per heavy atom. The van der Waals surface area contributed by atoms with Crippen molar-refractivity contribution in [3.05, 3.63) is 64.7 Å². The molecular formula is C19H25ClN2. The first kappa shape index (κ1) is 16.9. The van der Waals surface area contributed by atoms with E-state index < -0.39 is 0 Å². The van der Waals surface area contributed by atoms with Crippen LogP contribution in [0.3, 0.4) is 0 Å². The maximum atomic E-state index is 5.89. The fourth-order valence-corrected chi connectivity index (χ4v) is 2.66. The van der Waals surface area contributed by atoms with Gasteiger partial charge in [0.2, 0.25) is 0 Å². The number of anilines is 1. The van der Waals surface area contributed by atoms with Crippen molar-refractivity contribution < 1.29 is 0 Å². The van der Waals surface area contributed by atoms with E-state index in [1.807, 2.05) is 12.1 Å². The van der Waals surface area contributed by atoms with Crippen LogP contribution >= 0.6 is 11.6 Å². The minimum Gasteiger partial charge on any atom is -0.372 e. The Hall–Kier alpha value is -1.51. The number of hydrogen-bond donors (Lipinski definition) is 1. The van der Waals surface area contributed by atoms with Crippen molar-refractivity contribution in [2.45, 2.75) is 26.8 Å². The van der Waals surface area contributed by atoms with Crippen LogP contribution in [-0.4, -0.2) is 19.6 Å². The molecule has 0 amide bonds. The van der Waals surface area contributed by atoms with Gasteiger partial charge in [-0.2, -0.15) is 0 Å². The summed E-state index contributed by atoms with van der Waals surface area (Å²) in [6.45, 7) is 8.36. The maximum Gasteiger partial charge on any atom is 0.0406 e. The van der Waals surface area contributed by atoms with Gasteiger partial charge in [0.1, 0.15) is 0 Å². The zero-order valence-corrected chi connectivity index (χ0v) is 14.2. The molecule has 0 unspecified atom stereocenters. The van der Waals surface area contributed by atoms with Gasteiger partial charge >= 0.3 is 0 Å². The quantitative estimate of drug-likeness (QED) is 0.720. The number of rotatable bonds is 8. The molecule has 0 aliphatic rings. The molecule has 0 saturated carbocycles. The van der Waals surface area contributed by atoms with Gasteiger partial charge < -0.3 is 10.2 Å². The van der Waals surface area contributed by atoms with E-state index in [9.17, 15) is 0 Å². The Bertz CT molecular complexity index is 545. The first-order valence-electron chi connectivity index (χ1n) is 8.02. The van der Waals surface area contributed by atoms with Gasteiger partial charge in [-0.25, -0.2) is 0 Å². The van der Waals surface area contributed by atoms with Crippen LogP contribution in [0.4, 0.5) is 5.69 Å². The lowest BCUT2D eigenvalue weighted by molar-refractivity contribution is 0.687. The molecule has 3 heteroatoms. The van der Waals surface area contributed by atoms with Crippen molar-refractivity contribution in [1.29, 1.82) is 0 Å². The van der Waals surface area contributed by atoms with Crippen LogP contribution in [-0.2, 0) is 13.0 Å². The summed E-state index contributed by atoms with van der Waals surface area (Å²) in [4.78, 5) is 2.36. The third kappa shape index (κ3) is 5.04. The van der Waals surface area contributed by atoms with Crippen molar-refractivity contribution >= 4 is 17.3 Å². The van der Waals surface area contributed by atoms with Crippen LogP contribution in [0, 0.1) is 0 Å². The van der Waals surface area contributed by atoms with Gasteiger partial charge in [-0.3, -0.25) is 0 Å². The Morgan fingerprint density at radius 3 is 2.05 bits per heavy atom. The van der Waals surface area contributed by atoms with Crippen molar-refractivity contribution in [3.63, 3.8) is 0 Å². The summed E-state index contributed by atoms with van der Waals surface area (Å²) in [5.74, 6) is 0. The molecule has 0 aliphatic heterocycles. The second-order valence-electron chi connectivity index (χ2n) is 5.39. The van der Waals surface area contributed by atoms with Crippen LogP contribution in [0.2, 0.25) is 5.02 Å². The summed E-state index contributed by atoms with van der Waals surface area (Å²) in [6.07, 6.45) is 1.02. The zero-order chi connectivity index (χ0) is 15.8. The van der Waals surface area contributed by atoms with E-state index in [0.717, 1.165) is 37.6 Å². The normalized spacial score (nSPS) is 10.7. The highest BCUT2D eigenvalue weighted by molar-refractivity contribution is 6.30. The summed E-state index contributed by atoms with van der Waals surface area (Å²) in [5, 5.41) is 4.29. The highest BCUT2D eigenvalue weighted by Crippen LogP contribution is 2.15. The molecule has 0 radical (unpaired) electrons. The van der Waals surface area contributed by atoms with Gasteiger partial charge in [-0.1, -0.05) is 35.9 Å². The molecule has 0 fully saturated rings. The van der Waals surface area contributed by atoms with E-state index in [2.05, 4.69) is 60.5 Å². The smallest absolute Gasteiger partial charge is 0.0406 e. The lowest BCUT2D eigenvalue weighted by atomic mass is 10.1. The molecule has 0 aromatic heterocycles. The fraction of sp³-hybridized carbons (Fsp3) is 0.368. The maximum absolute atomic E-state index is 5.89. The molecular weight excluding hydrogens is 292 g/mol. The zero-order valence-electron chi connectivity index (χ0n) is 13.5. The van der Waals surface area contributed by atoms with Gasteiger partial charge in [-0.05, 0) is 62.2 Å². The molecule has 2 rings (SSSR count). The topological polar surface area (TPSA) is 15.3 Å². The predicted octanol–water partition coefficient (Wildman–Crippen LogP) is 4.52. The van der Waals surface area contributed by atoms with E-state index in [1.54, 1.807) is 0 Å². The lowest BCUT2D eigenvalue weighted by Gasteiger charge is -2.21. The van der Waals surface area contributed by atoms with Crippen LogP contribution in [0.25, 0.3) is 0 Å². The fourth-order valence-electron chi connectivity index (χ4n) is 2.53. The molecule has 1 N–H and O–H groups in total. The molecule has 0 saturated heterocycles. The summed E-state index contributed by atoms with van der Waals surface area (Å²) in [6, 6.07) is 16.9. The van der Waals surface area contributed by atoms with E-state index >= 15 is 0 Å². The lowest BCUT2D eigenvalue weighted by Crippen LogP contribution is -2.21. The third-order valence-electron chi connectivity index (χ3n) is 3.90. The number of nitrogens with one attached hydrogen (secondary N) is 1. The van der Waals surface area contributed by atoms with Gasteiger partial charge in [0.15, 0.2) is 0 Å². The largest absolute Gasteiger partial charge is 0.372 e. The first-order valence-corrected chi connectivity index (χ1v) is 8.39. The Labute approximate surface area is 139 Å². The number of hydrogen-bond acceptors (Lipinski definition) is 2. The van der Waals surface area contributed by atoms with E-state index in [4.69, 9.17) is 11.6 Å². The van der Waals surface area contributed by atoms with Gasteiger partial charge in [0.05, 0.1) is 0 Å². The van der Waals surface area contributed by atoms with Crippen molar-refractivity contribution in [1.82, 2.24) is 5.32 Å². The first-order chi connectivity index (χ1) is 10.7. The van der Waals surface area contributed by atoms with Crippen LogP contribution in [0.15, 0.2) is 48.5 Å². The molecule has 0 heterocycles. The number of benzene rings is 2. The minimum atomic E-state index is 0.796. The van der Waals surface area contributed by atoms with Gasteiger partial charge in [-0.15, -0.1) is 0 Å². The highest BCUT2D eigenvalue weighted by atomic mass is 35.5. The second-order valence-corrected chi connectivity index (χ2v) is 5.83. The van der Waals surface area contributed by atoms with Crippen LogP contribution < -0.4 is 10.2 Å². The average Bonchev–Trinajstić information content (AvgIpc) is 2.56. The SMILES string of the molecule is CCN(CC)c1ccc(CNCCc2ccc(Cl)cc2)cc1. The summed E-state index contributed by atoms with van der Waals surface area (Å²) in [5.41, 5.74) is 3.94. The average molecular weight is 317 g/mol. The van der Waals surface area contributed by atoms with Crippen molar-refractivity contribution in [2.24, 2.45) is 0 Å². The molecule has 22 heavy (non-hydrogen) atoms. The van der Waals surface area contributed by atoms with Crippen molar-refractivity contribution in [2.75, 3.05) is 24.5 Å². The molecule has 2 aromatic carbocycles. The number of halogens is 1. The summed E-state index contributed by atoms with van der Waals surface area (Å²) < 4.78 is 0. The standard InChI is InChI=1S/C19H25ClN2/c1-3-22(4-2)19-11-7-17(8-12-19)15-21-14-13-16-5-9-18(20)10-6-16/h5-12,21H,3-4,13-15H2,1-2H3. The van der Waals surface area contributed by atoms with E-state index in [-0.39, 0.29) is 0 Å². The Morgan fingerprint density at radius 1 is 0.864 bits per heavy atom. The molecule has 0 bridgehead atoms. The molecule has 118 valence electrons. The molecule has 2 aromatic rings. The highest BCUT2D eigenvalue weighted by Gasteiger charge is 2.01. The molecule has 0 spiro atoms. The number of nitrogens with zero attached hydrogens (tertiary/aromatic N) is 1. The summed E-state index contributed by atoms with van der Waals surface area (Å²) >= 11 is 5.89. The van der Waals surface area contributed by atoms with Crippen LogP contribution in [0.5, 0.6) is 0 Å². The monoisotopic (exact) mass is 316 g/mol. The third-order valence-corrected chi connectivity index (χ3v) is 4.15. The Kier molecular flexibility index (Phi) is 6.75. The van der Waals surface area contributed by atoms with E-state index in [0.29, 0.717) is 0 Å². The molecule has 2 nitrogen and oxygen atoms in total. The predicted molar refractivity (Wildman–Crippen MR) is 96.9 cm³/mol. The summed E-state index contributed by atoms with van der Waals surface area (Å²) in [7, 11) is 0. The second kappa shape index (κ2) is 8.82. The van der Waals surface area contributed by atoms with Crippen LogP contribution in [0.1, 0.15) is 25.0 Å². The van der Waals surface area contributed by atoms with Gasteiger partial charge in [0.25, 0.3) is 0 Å². The molecule has 0 atom stereocenters. The van der Waals surface area contributed by atoms with E-state index in [1.165, 1.54) is 16.8 Å². The van der Waals surface area contributed by atoms with Gasteiger partial charge in [0, 0.05) is 30.3 Å². The minimum absolute atomic E-state index is 0.796. The Balaban J connectivity index is 1.76. The molecule has 0 aliphatic carbocycles. The van der Waals surface area contributed by atoms with Crippen molar-refractivity contribution in [3.8, 4) is 0 Å².